The number of nitrogens with one attached hydrogen (secondary N) is 2. The highest BCUT2D eigenvalue weighted by molar-refractivity contribution is 7.89. The number of sulfonamides is 1. The third-order valence-corrected chi connectivity index (χ3v) is 6.93. The number of phenolic OH excluding ortho intramolecular Hbond substituents is 1. The molecule has 0 bridgehead atoms. The number of piperidine rings is 1. The van der Waals surface area contributed by atoms with Crippen LogP contribution in [0.4, 0.5) is 0 Å². The molecular formula is C20H23N3O5S. The minimum absolute atomic E-state index is 0.0184. The van der Waals surface area contributed by atoms with Gasteiger partial charge in [0.2, 0.25) is 10.0 Å². The fourth-order valence-corrected chi connectivity index (χ4v) is 4.96. The molecule has 1 fully saturated rings. The Labute approximate surface area is 169 Å². The van der Waals surface area contributed by atoms with E-state index in [1.807, 2.05) is 6.92 Å². The largest absolute Gasteiger partial charge is 0.507 e. The zero-order valence-corrected chi connectivity index (χ0v) is 16.8. The van der Waals surface area contributed by atoms with Crippen molar-refractivity contribution in [2.45, 2.75) is 37.1 Å². The van der Waals surface area contributed by atoms with E-state index in [0.717, 1.165) is 19.3 Å². The number of amides is 2. The summed E-state index contributed by atoms with van der Waals surface area (Å²) in [5.74, 6) is -1.49. The van der Waals surface area contributed by atoms with Gasteiger partial charge < -0.3 is 5.11 Å². The minimum Gasteiger partial charge on any atom is -0.507 e. The Hall–Kier alpha value is -2.91. The number of para-hydroxylation sites is 1. The van der Waals surface area contributed by atoms with Crippen LogP contribution >= 0.6 is 0 Å². The highest BCUT2D eigenvalue weighted by atomic mass is 32.2. The van der Waals surface area contributed by atoms with Gasteiger partial charge >= 0.3 is 0 Å². The summed E-state index contributed by atoms with van der Waals surface area (Å²) in [4.78, 5) is 24.4. The van der Waals surface area contributed by atoms with Crippen molar-refractivity contribution in [3.8, 4) is 5.75 Å². The normalized spacial score (nSPS) is 17.5. The molecule has 9 heteroatoms. The lowest BCUT2D eigenvalue weighted by Gasteiger charge is -2.32. The maximum atomic E-state index is 12.8. The summed E-state index contributed by atoms with van der Waals surface area (Å²) in [6.07, 6.45) is 2.68. The molecule has 1 unspecified atom stereocenters. The molecule has 1 saturated heterocycles. The summed E-state index contributed by atoms with van der Waals surface area (Å²) in [7, 11) is -3.62. The molecule has 0 saturated carbocycles. The Balaban J connectivity index is 1.66. The molecule has 3 N–H and O–H groups in total. The van der Waals surface area contributed by atoms with E-state index < -0.39 is 21.8 Å². The van der Waals surface area contributed by atoms with Crippen LogP contribution in [-0.4, -0.2) is 42.2 Å². The summed E-state index contributed by atoms with van der Waals surface area (Å²) < 4.78 is 27.2. The second-order valence-electron chi connectivity index (χ2n) is 6.91. The average molecular weight is 417 g/mol. The Bertz CT molecular complexity index is 1010. The first-order valence-electron chi connectivity index (χ1n) is 9.31. The van der Waals surface area contributed by atoms with Gasteiger partial charge in [-0.2, -0.15) is 4.31 Å². The van der Waals surface area contributed by atoms with E-state index in [1.165, 1.54) is 40.7 Å². The summed E-state index contributed by atoms with van der Waals surface area (Å²) in [5, 5.41) is 9.66. The number of carbonyl (C=O) groups excluding carboxylic acids is 2. The first-order valence-corrected chi connectivity index (χ1v) is 10.8. The molecule has 1 atom stereocenters. The quantitative estimate of drug-likeness (QED) is 0.659. The van der Waals surface area contributed by atoms with Crippen molar-refractivity contribution in [2.75, 3.05) is 6.54 Å². The van der Waals surface area contributed by atoms with E-state index >= 15 is 0 Å². The van der Waals surface area contributed by atoms with Crippen molar-refractivity contribution >= 4 is 21.8 Å². The molecule has 2 amide bonds. The number of rotatable bonds is 4. The lowest BCUT2D eigenvalue weighted by Crippen LogP contribution is -2.42. The molecule has 0 spiro atoms. The van der Waals surface area contributed by atoms with E-state index in [-0.39, 0.29) is 27.8 Å². The first kappa shape index (κ1) is 20.8. The zero-order chi connectivity index (χ0) is 21.0. The molecule has 29 heavy (non-hydrogen) atoms. The summed E-state index contributed by atoms with van der Waals surface area (Å²) in [6.45, 7) is 2.38. The van der Waals surface area contributed by atoms with Gasteiger partial charge in [0.15, 0.2) is 0 Å². The standard InChI is InChI=1S/C20H23N3O5S/c1-14-6-4-5-13-23(14)29(27,28)16-11-9-15(10-12-16)19(25)21-22-20(26)17-7-2-3-8-18(17)24/h2-3,7-12,14,24H,4-6,13H2,1H3,(H,21,25)(H,22,26). The van der Waals surface area contributed by atoms with Crippen molar-refractivity contribution < 1.29 is 23.1 Å². The zero-order valence-electron chi connectivity index (χ0n) is 16.0. The van der Waals surface area contributed by atoms with Gasteiger partial charge in [0, 0.05) is 18.2 Å². The number of aromatic hydroxyl groups is 1. The lowest BCUT2D eigenvalue weighted by atomic mass is 10.1. The van der Waals surface area contributed by atoms with Crippen molar-refractivity contribution in [3.63, 3.8) is 0 Å². The molecule has 3 rings (SSSR count). The molecule has 8 nitrogen and oxygen atoms in total. The first-order chi connectivity index (χ1) is 13.8. The van der Waals surface area contributed by atoms with Gasteiger partial charge in [-0.15, -0.1) is 0 Å². The Morgan fingerprint density at radius 3 is 2.31 bits per heavy atom. The maximum absolute atomic E-state index is 12.8. The third kappa shape index (κ3) is 4.57. The van der Waals surface area contributed by atoms with Crippen LogP contribution in [-0.2, 0) is 10.0 Å². The van der Waals surface area contributed by atoms with E-state index in [2.05, 4.69) is 10.9 Å². The smallest absolute Gasteiger partial charge is 0.273 e. The molecular weight excluding hydrogens is 394 g/mol. The molecule has 0 aromatic heterocycles. The second kappa shape index (κ2) is 8.62. The predicted octanol–water partition coefficient (Wildman–Crippen LogP) is 2.03. The fraction of sp³-hybridized carbons (Fsp3) is 0.300. The molecule has 154 valence electrons. The van der Waals surface area contributed by atoms with E-state index in [0.29, 0.717) is 6.54 Å². The highest BCUT2D eigenvalue weighted by Crippen LogP contribution is 2.25. The molecule has 2 aromatic rings. The van der Waals surface area contributed by atoms with Crippen molar-refractivity contribution in [1.82, 2.24) is 15.2 Å². The number of carbonyl (C=O) groups is 2. The lowest BCUT2D eigenvalue weighted by molar-refractivity contribution is 0.0845. The molecule has 2 aromatic carbocycles. The van der Waals surface area contributed by atoms with Crippen molar-refractivity contribution in [1.29, 1.82) is 0 Å². The van der Waals surface area contributed by atoms with Gasteiger partial charge in [-0.05, 0) is 56.2 Å². The van der Waals surface area contributed by atoms with Crippen LogP contribution in [0.3, 0.4) is 0 Å². The van der Waals surface area contributed by atoms with Gasteiger partial charge in [-0.3, -0.25) is 20.4 Å². The molecule has 0 aliphatic carbocycles. The number of hydrazine groups is 1. The van der Waals surface area contributed by atoms with Crippen LogP contribution in [0.2, 0.25) is 0 Å². The van der Waals surface area contributed by atoms with E-state index in [4.69, 9.17) is 0 Å². The second-order valence-corrected chi connectivity index (χ2v) is 8.80. The van der Waals surface area contributed by atoms with Gasteiger partial charge in [-0.1, -0.05) is 18.6 Å². The van der Waals surface area contributed by atoms with Crippen LogP contribution in [0.1, 0.15) is 46.9 Å². The van der Waals surface area contributed by atoms with E-state index in [1.54, 1.807) is 12.1 Å². The SMILES string of the molecule is CC1CCCCN1S(=O)(=O)c1ccc(C(=O)NNC(=O)c2ccccc2O)cc1. The number of hydrogen-bond acceptors (Lipinski definition) is 5. The monoisotopic (exact) mass is 417 g/mol. The van der Waals surface area contributed by atoms with Gasteiger partial charge in [0.1, 0.15) is 5.75 Å². The average Bonchev–Trinajstić information content (AvgIpc) is 2.72. The minimum atomic E-state index is -3.62. The van der Waals surface area contributed by atoms with Crippen LogP contribution in [0.25, 0.3) is 0 Å². The topological polar surface area (TPSA) is 116 Å². The number of benzene rings is 2. The number of phenols is 1. The Morgan fingerprint density at radius 1 is 1.00 bits per heavy atom. The van der Waals surface area contributed by atoms with Crippen LogP contribution < -0.4 is 10.9 Å². The fourth-order valence-electron chi connectivity index (χ4n) is 3.26. The molecule has 0 radical (unpaired) electrons. The van der Waals surface area contributed by atoms with Gasteiger partial charge in [0.25, 0.3) is 11.8 Å². The van der Waals surface area contributed by atoms with Crippen LogP contribution in [0.15, 0.2) is 53.4 Å². The Morgan fingerprint density at radius 2 is 1.66 bits per heavy atom. The van der Waals surface area contributed by atoms with Crippen LogP contribution in [0.5, 0.6) is 5.75 Å². The summed E-state index contributed by atoms with van der Waals surface area (Å²) in [5.41, 5.74) is 4.67. The highest BCUT2D eigenvalue weighted by Gasteiger charge is 2.30. The van der Waals surface area contributed by atoms with Crippen LogP contribution in [0, 0.1) is 0 Å². The van der Waals surface area contributed by atoms with Crippen molar-refractivity contribution in [3.05, 3.63) is 59.7 Å². The third-order valence-electron chi connectivity index (χ3n) is 4.90. The summed E-state index contributed by atoms with van der Waals surface area (Å²) >= 11 is 0. The number of nitrogens with zero attached hydrogens (tertiary/aromatic N) is 1. The molecule has 1 heterocycles. The Kier molecular flexibility index (Phi) is 6.19. The number of hydrogen-bond donors (Lipinski definition) is 3. The van der Waals surface area contributed by atoms with Crippen molar-refractivity contribution in [2.24, 2.45) is 0 Å². The van der Waals surface area contributed by atoms with Gasteiger partial charge in [-0.25, -0.2) is 8.42 Å². The molecule has 1 aliphatic heterocycles. The predicted molar refractivity (Wildman–Crippen MR) is 107 cm³/mol. The van der Waals surface area contributed by atoms with E-state index in [9.17, 15) is 23.1 Å². The van der Waals surface area contributed by atoms with Gasteiger partial charge in [0.05, 0.1) is 10.5 Å². The maximum Gasteiger partial charge on any atom is 0.273 e. The molecule has 1 aliphatic rings. The summed E-state index contributed by atoms with van der Waals surface area (Å²) in [6, 6.07) is 11.4.